The Bertz CT molecular complexity index is 30.0. The van der Waals surface area contributed by atoms with Crippen LogP contribution in [-0.4, -0.2) is 24.1 Å². The molecular weight excluding hydrogens is 110 g/mol. The highest BCUT2D eigenvalue weighted by atomic mass is 27.0. The Labute approximate surface area is 64.3 Å². The van der Waals surface area contributed by atoms with Crippen molar-refractivity contribution in [3.63, 3.8) is 0 Å². The Hall–Kier alpha value is 0.597. The summed E-state index contributed by atoms with van der Waals surface area (Å²) in [5, 5.41) is 0. The molecule has 48 valence electrons. The normalized spacial score (nSPS) is 7.88. The fraction of sp³-hybridized carbons (Fsp3) is 1.00. The first-order valence-corrected chi connectivity index (χ1v) is 3.35. The van der Waals surface area contributed by atoms with Crippen LogP contribution in [0.4, 0.5) is 0 Å². The van der Waals surface area contributed by atoms with Crippen LogP contribution in [0.3, 0.4) is 0 Å². The third kappa shape index (κ3) is 4.75. The van der Waals surface area contributed by atoms with E-state index in [9.17, 15) is 0 Å². The van der Waals surface area contributed by atoms with E-state index in [1.54, 1.807) is 0 Å². The zero-order valence-corrected chi connectivity index (χ0v) is 5.70. The van der Waals surface area contributed by atoms with Crippen molar-refractivity contribution in [1.82, 2.24) is 0 Å². The molecule has 8 heavy (non-hydrogen) atoms. The van der Waals surface area contributed by atoms with Gasteiger partial charge in [-0.2, -0.15) is 0 Å². The standard InChI is InChI=1S/C6H15B.Al.3H/c1-4-7(5-2)6-3;;;;/h4-6H2,1-3H3;;;;. The molecule has 0 saturated heterocycles. The molecule has 0 nitrogen and oxygen atoms in total. The fourth-order valence-corrected chi connectivity index (χ4v) is 0.866. The van der Waals surface area contributed by atoms with Gasteiger partial charge < -0.3 is 0 Å². The highest BCUT2D eigenvalue weighted by molar-refractivity contribution is 6.58. The van der Waals surface area contributed by atoms with Crippen molar-refractivity contribution >= 4 is 24.1 Å². The van der Waals surface area contributed by atoms with E-state index in [0.717, 1.165) is 6.71 Å². The van der Waals surface area contributed by atoms with Crippen molar-refractivity contribution in [2.45, 2.75) is 39.7 Å². The van der Waals surface area contributed by atoms with Gasteiger partial charge in [0.2, 0.25) is 0 Å². The molecule has 0 heterocycles. The lowest BCUT2D eigenvalue weighted by molar-refractivity contribution is 1.24. The molecule has 0 rings (SSSR count). The van der Waals surface area contributed by atoms with Crippen LogP contribution in [0.15, 0.2) is 0 Å². The van der Waals surface area contributed by atoms with E-state index in [1.165, 1.54) is 19.0 Å². The highest BCUT2D eigenvalue weighted by Crippen LogP contribution is 2.01. The second-order valence-corrected chi connectivity index (χ2v) is 2.09. The number of rotatable bonds is 3. The highest BCUT2D eigenvalue weighted by Gasteiger charge is 2.01. The van der Waals surface area contributed by atoms with Crippen molar-refractivity contribution in [3.8, 4) is 0 Å². The van der Waals surface area contributed by atoms with Gasteiger partial charge in [0.15, 0.2) is 17.4 Å². The Kier molecular flexibility index (Phi) is 10.8. The van der Waals surface area contributed by atoms with Crippen LogP contribution in [0.1, 0.15) is 20.8 Å². The van der Waals surface area contributed by atoms with E-state index in [0.29, 0.717) is 0 Å². The summed E-state index contributed by atoms with van der Waals surface area (Å²) in [6.07, 6.45) is 4.06. The van der Waals surface area contributed by atoms with Crippen LogP contribution >= 0.6 is 0 Å². The first-order valence-electron chi connectivity index (χ1n) is 3.35. The Morgan fingerprint density at radius 3 is 1.12 bits per heavy atom. The van der Waals surface area contributed by atoms with E-state index < -0.39 is 0 Å². The van der Waals surface area contributed by atoms with Gasteiger partial charge in [0.1, 0.15) is 6.71 Å². The molecule has 0 aromatic rings. The molecule has 0 fully saturated rings. The first-order chi connectivity index (χ1) is 3.35. The molecule has 0 aliphatic heterocycles. The van der Waals surface area contributed by atoms with Gasteiger partial charge in [0.05, 0.1) is 0 Å². The maximum absolute atomic E-state index is 2.26. The van der Waals surface area contributed by atoms with Crippen LogP contribution in [0.2, 0.25) is 19.0 Å². The minimum absolute atomic E-state index is 0. The molecule has 0 aromatic heterocycles. The summed E-state index contributed by atoms with van der Waals surface area (Å²) in [4.78, 5) is 0. The van der Waals surface area contributed by atoms with Crippen LogP contribution < -0.4 is 0 Å². The van der Waals surface area contributed by atoms with Crippen molar-refractivity contribution in [3.05, 3.63) is 0 Å². The second kappa shape index (κ2) is 7.60. The van der Waals surface area contributed by atoms with E-state index in [1.807, 2.05) is 0 Å². The van der Waals surface area contributed by atoms with E-state index in [4.69, 9.17) is 0 Å². The smallest absolute Gasteiger partial charge is 0.0770 e. The molecule has 0 spiro atoms. The zero-order valence-electron chi connectivity index (χ0n) is 5.70. The van der Waals surface area contributed by atoms with Crippen molar-refractivity contribution in [2.75, 3.05) is 0 Å². The molecule has 0 bridgehead atoms. The zero-order chi connectivity index (χ0) is 5.70. The van der Waals surface area contributed by atoms with Crippen LogP contribution in [0, 0.1) is 0 Å². The minimum Gasteiger partial charge on any atom is -0.0770 e. The average molecular weight is 128 g/mol. The minimum atomic E-state index is 0. The lowest BCUT2D eigenvalue weighted by Crippen LogP contribution is -2.04. The van der Waals surface area contributed by atoms with Crippen molar-refractivity contribution < 1.29 is 0 Å². The van der Waals surface area contributed by atoms with E-state index in [-0.39, 0.29) is 17.4 Å². The fourth-order valence-electron chi connectivity index (χ4n) is 0.866. The van der Waals surface area contributed by atoms with Gasteiger partial charge in [-0.1, -0.05) is 39.7 Å². The molecule has 0 unspecified atom stereocenters. The summed E-state index contributed by atoms with van der Waals surface area (Å²) in [5.74, 6) is 0. The molecule has 0 N–H and O–H groups in total. The molecule has 0 atom stereocenters. The maximum Gasteiger partial charge on any atom is 0.187 e. The largest absolute Gasteiger partial charge is 0.187 e. The van der Waals surface area contributed by atoms with Gasteiger partial charge >= 0.3 is 0 Å². The predicted octanol–water partition coefficient (Wildman–Crippen LogP) is 1.36. The third-order valence-electron chi connectivity index (χ3n) is 1.73. The summed E-state index contributed by atoms with van der Waals surface area (Å²) in [7, 11) is 0. The van der Waals surface area contributed by atoms with Gasteiger partial charge in [-0.15, -0.1) is 0 Å². The predicted molar refractivity (Wildman–Crippen MR) is 47.1 cm³/mol. The molecule has 0 aromatic carbocycles. The summed E-state index contributed by atoms with van der Waals surface area (Å²) in [6, 6.07) is 0. The van der Waals surface area contributed by atoms with Crippen LogP contribution in [-0.2, 0) is 0 Å². The lowest BCUT2D eigenvalue weighted by atomic mass is 9.44. The van der Waals surface area contributed by atoms with Crippen LogP contribution in [0.25, 0.3) is 0 Å². The number of hydrogen-bond donors (Lipinski definition) is 0. The molecule has 2 heteroatoms. The SMILES string of the molecule is CCB(CC)CC.[AlH3]. The van der Waals surface area contributed by atoms with Crippen molar-refractivity contribution in [2.24, 2.45) is 0 Å². The Balaban J connectivity index is 0. The molecular formula is C6H18AlB. The topological polar surface area (TPSA) is 0 Å². The molecule has 0 amide bonds. The summed E-state index contributed by atoms with van der Waals surface area (Å²) < 4.78 is 0. The van der Waals surface area contributed by atoms with Gasteiger partial charge in [-0.25, -0.2) is 0 Å². The van der Waals surface area contributed by atoms with Gasteiger partial charge in [-0.3, -0.25) is 0 Å². The summed E-state index contributed by atoms with van der Waals surface area (Å²) in [6.45, 7) is 7.77. The maximum atomic E-state index is 2.26. The molecule has 0 radical (unpaired) electrons. The van der Waals surface area contributed by atoms with Crippen LogP contribution in [0.5, 0.6) is 0 Å². The molecule has 0 aliphatic rings. The quantitative estimate of drug-likeness (QED) is 0.503. The summed E-state index contributed by atoms with van der Waals surface area (Å²) >= 11 is 0. The average Bonchev–Trinajstić information content (AvgIpc) is 1.72. The lowest BCUT2D eigenvalue weighted by Gasteiger charge is -2.00. The van der Waals surface area contributed by atoms with Gasteiger partial charge in [0.25, 0.3) is 0 Å². The number of hydrogen-bond acceptors (Lipinski definition) is 0. The van der Waals surface area contributed by atoms with Gasteiger partial charge in [0, 0.05) is 0 Å². The first kappa shape index (κ1) is 11.4. The molecule has 0 saturated carbocycles. The Morgan fingerprint density at radius 2 is 1.12 bits per heavy atom. The van der Waals surface area contributed by atoms with E-state index >= 15 is 0 Å². The third-order valence-corrected chi connectivity index (χ3v) is 1.73. The van der Waals surface area contributed by atoms with Gasteiger partial charge in [-0.05, 0) is 0 Å². The Morgan fingerprint density at radius 1 is 0.875 bits per heavy atom. The monoisotopic (exact) mass is 128 g/mol. The molecule has 0 aliphatic carbocycles. The van der Waals surface area contributed by atoms with E-state index in [2.05, 4.69) is 20.8 Å². The van der Waals surface area contributed by atoms with Crippen molar-refractivity contribution in [1.29, 1.82) is 0 Å². The second-order valence-electron chi connectivity index (χ2n) is 2.09. The summed E-state index contributed by atoms with van der Waals surface area (Å²) in [5.41, 5.74) is 0.